The number of esters is 1. The molecule has 0 saturated heterocycles. The van der Waals surface area contributed by atoms with Gasteiger partial charge in [0.2, 0.25) is 0 Å². The van der Waals surface area contributed by atoms with Gasteiger partial charge in [0.25, 0.3) is 0 Å². The van der Waals surface area contributed by atoms with E-state index < -0.39 is 5.97 Å². The van der Waals surface area contributed by atoms with Gasteiger partial charge in [0.1, 0.15) is 5.75 Å². The summed E-state index contributed by atoms with van der Waals surface area (Å²) in [5.41, 5.74) is 0.428. The highest BCUT2D eigenvalue weighted by molar-refractivity contribution is 5.97. The van der Waals surface area contributed by atoms with E-state index in [2.05, 4.69) is 0 Å². The number of para-hydroxylation sites is 1. The lowest BCUT2D eigenvalue weighted by molar-refractivity contribution is -0.131. The Morgan fingerprint density at radius 1 is 1.15 bits per heavy atom. The normalized spacial score (nSPS) is 9.38. The molecule has 0 heterocycles. The van der Waals surface area contributed by atoms with Gasteiger partial charge in [0.15, 0.2) is 5.78 Å². The van der Waals surface area contributed by atoms with Crippen LogP contribution in [-0.4, -0.2) is 11.8 Å². The van der Waals surface area contributed by atoms with E-state index in [1.165, 1.54) is 13.8 Å². The third-order valence-electron chi connectivity index (χ3n) is 1.52. The first-order valence-electron chi connectivity index (χ1n) is 3.89. The van der Waals surface area contributed by atoms with Crippen LogP contribution in [0, 0.1) is 0 Å². The number of ketones is 1. The maximum atomic E-state index is 11.1. The minimum Gasteiger partial charge on any atom is -0.426 e. The molecule has 0 radical (unpaired) electrons. The maximum absolute atomic E-state index is 11.1. The van der Waals surface area contributed by atoms with Crippen LogP contribution < -0.4 is 4.74 Å². The molecule has 3 heteroatoms. The van der Waals surface area contributed by atoms with E-state index in [-0.39, 0.29) is 5.78 Å². The first-order valence-corrected chi connectivity index (χ1v) is 3.89. The molecule has 0 N–H and O–H groups in total. The highest BCUT2D eigenvalue weighted by atomic mass is 16.5. The van der Waals surface area contributed by atoms with Crippen molar-refractivity contribution in [1.29, 1.82) is 0 Å². The second-order valence-electron chi connectivity index (χ2n) is 2.65. The van der Waals surface area contributed by atoms with Crippen molar-refractivity contribution in [3.8, 4) is 5.75 Å². The Labute approximate surface area is 76.3 Å². The van der Waals surface area contributed by atoms with Crippen molar-refractivity contribution in [2.24, 2.45) is 0 Å². The second kappa shape index (κ2) is 3.85. The van der Waals surface area contributed by atoms with Crippen LogP contribution in [0.25, 0.3) is 0 Å². The summed E-state index contributed by atoms with van der Waals surface area (Å²) >= 11 is 0. The average Bonchev–Trinajstić information content (AvgIpc) is 2.03. The molecule has 0 atom stereocenters. The molecule has 0 aliphatic heterocycles. The van der Waals surface area contributed by atoms with Gasteiger partial charge < -0.3 is 4.74 Å². The summed E-state index contributed by atoms with van der Waals surface area (Å²) in [6.07, 6.45) is 0. The van der Waals surface area contributed by atoms with Gasteiger partial charge in [-0.2, -0.15) is 0 Å². The molecule has 0 aliphatic carbocycles. The summed E-state index contributed by atoms with van der Waals surface area (Å²) in [5.74, 6) is -0.215. The molecule has 0 aromatic heterocycles. The molecular formula is C10H10O3. The average molecular weight is 178 g/mol. The van der Waals surface area contributed by atoms with Crippen LogP contribution >= 0.6 is 0 Å². The zero-order chi connectivity index (χ0) is 9.84. The van der Waals surface area contributed by atoms with Crippen LogP contribution in [-0.2, 0) is 4.79 Å². The Kier molecular flexibility index (Phi) is 2.80. The van der Waals surface area contributed by atoms with E-state index in [0.717, 1.165) is 0 Å². The summed E-state index contributed by atoms with van der Waals surface area (Å²) < 4.78 is 4.85. The Hall–Kier alpha value is -1.64. The monoisotopic (exact) mass is 178 g/mol. The highest BCUT2D eigenvalue weighted by Crippen LogP contribution is 2.18. The molecule has 0 bridgehead atoms. The lowest BCUT2D eigenvalue weighted by atomic mass is 10.1. The molecule has 13 heavy (non-hydrogen) atoms. The molecule has 0 spiro atoms. The predicted octanol–water partition coefficient (Wildman–Crippen LogP) is 1.81. The number of hydrogen-bond acceptors (Lipinski definition) is 3. The summed E-state index contributed by atoms with van der Waals surface area (Å²) in [7, 11) is 0. The van der Waals surface area contributed by atoms with Gasteiger partial charge in [-0.3, -0.25) is 9.59 Å². The minimum absolute atomic E-state index is 0.114. The van der Waals surface area contributed by atoms with E-state index in [0.29, 0.717) is 11.3 Å². The van der Waals surface area contributed by atoms with Crippen molar-refractivity contribution in [2.45, 2.75) is 13.8 Å². The molecule has 0 fully saturated rings. The number of ether oxygens (including phenoxy) is 1. The van der Waals surface area contributed by atoms with Crippen molar-refractivity contribution in [3.05, 3.63) is 29.8 Å². The van der Waals surface area contributed by atoms with Crippen molar-refractivity contribution >= 4 is 11.8 Å². The van der Waals surface area contributed by atoms with Gasteiger partial charge >= 0.3 is 5.97 Å². The molecular weight excluding hydrogens is 168 g/mol. The van der Waals surface area contributed by atoms with E-state index >= 15 is 0 Å². The first kappa shape index (κ1) is 9.45. The van der Waals surface area contributed by atoms with Crippen molar-refractivity contribution < 1.29 is 14.3 Å². The van der Waals surface area contributed by atoms with Gasteiger partial charge in [-0.25, -0.2) is 0 Å². The summed E-state index contributed by atoms with van der Waals surface area (Å²) in [4.78, 5) is 21.7. The van der Waals surface area contributed by atoms with E-state index in [1.807, 2.05) is 0 Å². The standard InChI is InChI=1S/C10H10O3/c1-7(11)9-5-3-4-6-10(9)13-8(2)12/h3-6H,1-2H3. The van der Waals surface area contributed by atoms with Gasteiger partial charge in [0.05, 0.1) is 5.56 Å². The Bertz CT molecular complexity index is 342. The topological polar surface area (TPSA) is 43.4 Å². The summed E-state index contributed by atoms with van der Waals surface area (Å²) in [6.45, 7) is 2.74. The largest absolute Gasteiger partial charge is 0.426 e. The first-order chi connectivity index (χ1) is 6.11. The zero-order valence-electron chi connectivity index (χ0n) is 7.53. The fourth-order valence-electron chi connectivity index (χ4n) is 1.00. The number of carbonyl (C=O) groups excluding carboxylic acids is 2. The fourth-order valence-corrected chi connectivity index (χ4v) is 1.00. The Balaban J connectivity index is 3.04. The molecule has 1 rings (SSSR count). The van der Waals surface area contributed by atoms with Crippen LogP contribution in [0.3, 0.4) is 0 Å². The van der Waals surface area contributed by atoms with E-state index in [1.54, 1.807) is 24.3 Å². The van der Waals surface area contributed by atoms with E-state index in [4.69, 9.17) is 4.74 Å². The predicted molar refractivity (Wildman–Crippen MR) is 47.8 cm³/mol. The van der Waals surface area contributed by atoms with Crippen LogP contribution in [0.5, 0.6) is 5.75 Å². The molecule has 0 aliphatic rings. The van der Waals surface area contributed by atoms with E-state index in [9.17, 15) is 9.59 Å². The van der Waals surface area contributed by atoms with Crippen LogP contribution in [0.2, 0.25) is 0 Å². The van der Waals surface area contributed by atoms with Crippen LogP contribution in [0.15, 0.2) is 24.3 Å². The number of benzene rings is 1. The van der Waals surface area contributed by atoms with Gasteiger partial charge in [-0.05, 0) is 19.1 Å². The van der Waals surface area contributed by atoms with Crippen molar-refractivity contribution in [1.82, 2.24) is 0 Å². The third kappa shape index (κ3) is 2.40. The molecule has 68 valence electrons. The number of Topliss-reactive ketones (excluding diaryl/α,β-unsaturated/α-hetero) is 1. The van der Waals surface area contributed by atoms with Gasteiger partial charge in [0, 0.05) is 6.92 Å². The number of carbonyl (C=O) groups is 2. The molecule has 0 saturated carbocycles. The van der Waals surface area contributed by atoms with Gasteiger partial charge in [-0.1, -0.05) is 12.1 Å². The second-order valence-corrected chi connectivity index (χ2v) is 2.65. The lowest BCUT2D eigenvalue weighted by Crippen LogP contribution is -2.05. The van der Waals surface area contributed by atoms with Crippen molar-refractivity contribution in [2.75, 3.05) is 0 Å². The lowest BCUT2D eigenvalue weighted by Gasteiger charge is -2.04. The maximum Gasteiger partial charge on any atom is 0.308 e. The smallest absolute Gasteiger partial charge is 0.308 e. The molecule has 1 aromatic carbocycles. The SMILES string of the molecule is CC(=O)Oc1ccccc1C(C)=O. The molecule has 0 unspecified atom stereocenters. The third-order valence-corrected chi connectivity index (χ3v) is 1.52. The molecule has 3 nitrogen and oxygen atoms in total. The minimum atomic E-state index is -0.422. The number of hydrogen-bond donors (Lipinski definition) is 0. The van der Waals surface area contributed by atoms with Crippen LogP contribution in [0.1, 0.15) is 24.2 Å². The summed E-state index contributed by atoms with van der Waals surface area (Å²) in [5, 5.41) is 0. The highest BCUT2D eigenvalue weighted by Gasteiger charge is 2.08. The zero-order valence-corrected chi connectivity index (χ0v) is 7.53. The number of rotatable bonds is 2. The Morgan fingerprint density at radius 2 is 1.77 bits per heavy atom. The summed E-state index contributed by atoms with van der Waals surface area (Å²) in [6, 6.07) is 6.66. The molecule has 1 aromatic rings. The van der Waals surface area contributed by atoms with Crippen molar-refractivity contribution in [3.63, 3.8) is 0 Å². The quantitative estimate of drug-likeness (QED) is 0.394. The fraction of sp³-hybridized carbons (Fsp3) is 0.200. The van der Waals surface area contributed by atoms with Gasteiger partial charge in [-0.15, -0.1) is 0 Å². The molecule has 0 amide bonds. The van der Waals surface area contributed by atoms with Crippen LogP contribution in [0.4, 0.5) is 0 Å². The Morgan fingerprint density at radius 3 is 2.31 bits per heavy atom.